The molecule has 0 heterocycles. The van der Waals surface area contributed by atoms with Crippen LogP contribution in [0.25, 0.3) is 0 Å². The molecule has 0 rings (SSSR count). The highest BCUT2D eigenvalue weighted by Crippen LogP contribution is 2.14. The van der Waals surface area contributed by atoms with Crippen molar-refractivity contribution in [1.82, 2.24) is 0 Å². The first-order valence-electron chi connectivity index (χ1n) is 23.7. The molecule has 6 heteroatoms. The maximum absolute atomic E-state index is 12.7. The number of rotatable bonds is 41. The summed E-state index contributed by atoms with van der Waals surface area (Å²) in [6, 6.07) is 0. The molecule has 0 aliphatic heterocycles. The van der Waals surface area contributed by atoms with Gasteiger partial charge in [0.25, 0.3) is 0 Å². The van der Waals surface area contributed by atoms with Crippen molar-refractivity contribution in [1.29, 1.82) is 0 Å². The Morgan fingerprint density at radius 2 is 0.793 bits per heavy atom. The van der Waals surface area contributed by atoms with Crippen LogP contribution in [0.3, 0.4) is 0 Å². The molecule has 0 aromatic carbocycles. The van der Waals surface area contributed by atoms with E-state index >= 15 is 0 Å². The van der Waals surface area contributed by atoms with Crippen LogP contribution < -0.4 is 0 Å². The molecule has 1 unspecified atom stereocenters. The van der Waals surface area contributed by atoms with E-state index in [0.717, 1.165) is 44.9 Å². The van der Waals surface area contributed by atoms with Gasteiger partial charge in [0.1, 0.15) is 13.2 Å². The molecule has 0 radical (unpaired) electrons. The molecule has 6 nitrogen and oxygen atoms in total. The highest BCUT2D eigenvalue weighted by Gasteiger charge is 2.19. The standard InChI is InChI=1S/C52H86O6/c1-4-7-10-13-16-19-22-25-28-30-33-36-39-42-45-51(54)57-48-49(58-52(55)46-43-40-37-34-31-27-24-21-18-15-12-9-6-3)47-56-50(53)44-41-38-35-32-29-26-23-20-17-14-11-8-5-2/h9,12,15,18,21,24,26-27,29,31,34-35,37-38,49H,4-8,10-11,13-14,16-17,19-20,22-23,25,28,30,32-33,36,39-48H2,1-3H3/b12-9+,18-15+,24-21+,29-26+,31-27+,37-34+,38-35+. The average molecular weight is 807 g/mol. The van der Waals surface area contributed by atoms with E-state index in [9.17, 15) is 14.4 Å². The van der Waals surface area contributed by atoms with E-state index in [4.69, 9.17) is 14.2 Å². The molecule has 0 saturated carbocycles. The minimum absolute atomic E-state index is 0.121. The van der Waals surface area contributed by atoms with Crippen LogP contribution in [0.2, 0.25) is 0 Å². The summed E-state index contributed by atoms with van der Waals surface area (Å²) >= 11 is 0. The van der Waals surface area contributed by atoms with Gasteiger partial charge in [0, 0.05) is 19.3 Å². The number of hydrogen-bond donors (Lipinski definition) is 0. The molecule has 1 atom stereocenters. The molecule has 0 saturated heterocycles. The van der Waals surface area contributed by atoms with Gasteiger partial charge < -0.3 is 14.2 Å². The summed E-state index contributed by atoms with van der Waals surface area (Å²) in [5.41, 5.74) is 0. The van der Waals surface area contributed by atoms with Gasteiger partial charge in [-0.1, -0.05) is 221 Å². The molecule has 58 heavy (non-hydrogen) atoms. The molecule has 0 aromatic rings. The van der Waals surface area contributed by atoms with Crippen LogP contribution in [0.15, 0.2) is 85.1 Å². The second-order valence-corrected chi connectivity index (χ2v) is 15.4. The summed E-state index contributed by atoms with van der Waals surface area (Å²) in [6.45, 7) is 6.35. The van der Waals surface area contributed by atoms with Crippen LogP contribution in [0.5, 0.6) is 0 Å². The lowest BCUT2D eigenvalue weighted by Gasteiger charge is -2.18. The minimum atomic E-state index is -0.833. The lowest BCUT2D eigenvalue weighted by atomic mass is 10.0. The van der Waals surface area contributed by atoms with E-state index < -0.39 is 12.1 Å². The maximum atomic E-state index is 12.7. The van der Waals surface area contributed by atoms with Crippen LogP contribution in [-0.4, -0.2) is 37.2 Å². The van der Waals surface area contributed by atoms with Gasteiger partial charge in [-0.05, 0) is 51.4 Å². The number of unbranched alkanes of at least 4 members (excludes halogenated alkanes) is 20. The zero-order valence-electron chi connectivity index (χ0n) is 37.5. The van der Waals surface area contributed by atoms with Crippen molar-refractivity contribution in [3.05, 3.63) is 85.1 Å². The second-order valence-electron chi connectivity index (χ2n) is 15.4. The van der Waals surface area contributed by atoms with Crippen LogP contribution in [0.4, 0.5) is 0 Å². The Bertz CT molecular complexity index is 1160. The van der Waals surface area contributed by atoms with Gasteiger partial charge in [-0.25, -0.2) is 0 Å². The Morgan fingerprint density at radius 3 is 1.33 bits per heavy atom. The van der Waals surface area contributed by atoms with Crippen molar-refractivity contribution in [3.63, 3.8) is 0 Å². The largest absolute Gasteiger partial charge is 0.462 e. The van der Waals surface area contributed by atoms with Crippen LogP contribution in [0, 0.1) is 0 Å². The summed E-state index contributed by atoms with van der Waals surface area (Å²) in [5.74, 6) is -1.07. The van der Waals surface area contributed by atoms with Gasteiger partial charge in [0.15, 0.2) is 6.10 Å². The van der Waals surface area contributed by atoms with Crippen LogP contribution >= 0.6 is 0 Å². The third-order valence-corrected chi connectivity index (χ3v) is 9.78. The maximum Gasteiger partial charge on any atom is 0.306 e. The molecule has 0 aliphatic rings. The van der Waals surface area contributed by atoms with Crippen molar-refractivity contribution in [2.24, 2.45) is 0 Å². The van der Waals surface area contributed by atoms with E-state index in [1.807, 2.05) is 60.8 Å². The number of allylic oxidation sites excluding steroid dienone is 14. The van der Waals surface area contributed by atoms with Crippen molar-refractivity contribution in [3.8, 4) is 0 Å². The van der Waals surface area contributed by atoms with E-state index in [0.29, 0.717) is 19.3 Å². The molecule has 0 aromatic heterocycles. The summed E-state index contributed by atoms with van der Waals surface area (Å²) in [6.07, 6.45) is 58.7. The first-order chi connectivity index (χ1) is 28.5. The van der Waals surface area contributed by atoms with Gasteiger partial charge in [-0.3, -0.25) is 14.4 Å². The van der Waals surface area contributed by atoms with E-state index in [1.54, 1.807) is 0 Å². The topological polar surface area (TPSA) is 78.9 Å². The highest BCUT2D eigenvalue weighted by atomic mass is 16.6. The summed E-state index contributed by atoms with van der Waals surface area (Å²) < 4.78 is 16.6. The van der Waals surface area contributed by atoms with Gasteiger partial charge in [0.05, 0.1) is 0 Å². The third-order valence-electron chi connectivity index (χ3n) is 9.78. The average Bonchev–Trinajstić information content (AvgIpc) is 3.22. The van der Waals surface area contributed by atoms with Crippen LogP contribution in [-0.2, 0) is 28.6 Å². The Kier molecular flexibility index (Phi) is 43.6. The van der Waals surface area contributed by atoms with Crippen molar-refractivity contribution in [2.45, 2.75) is 213 Å². The fourth-order valence-corrected chi connectivity index (χ4v) is 6.23. The summed E-state index contributed by atoms with van der Waals surface area (Å²) in [7, 11) is 0. The number of ether oxygens (including phenoxy) is 3. The van der Waals surface area contributed by atoms with Crippen molar-refractivity contribution < 1.29 is 28.6 Å². The SMILES string of the molecule is CC/C=C/C=C/C=C/C=C/C=C/CCCC(=O)OC(COC(=O)CC/C=C/C/C=C/CCCCCCCC)COC(=O)CCCCCCCCCCCCCCCC. The number of esters is 3. The lowest BCUT2D eigenvalue weighted by molar-refractivity contribution is -0.166. The quantitative estimate of drug-likeness (QED) is 0.0201. The van der Waals surface area contributed by atoms with Gasteiger partial charge in [0.2, 0.25) is 0 Å². The Labute approximate surface area is 356 Å². The molecule has 0 aliphatic carbocycles. The lowest BCUT2D eigenvalue weighted by Crippen LogP contribution is -2.30. The van der Waals surface area contributed by atoms with E-state index in [2.05, 4.69) is 45.1 Å². The Balaban J connectivity index is 4.55. The number of hydrogen-bond acceptors (Lipinski definition) is 6. The zero-order valence-corrected chi connectivity index (χ0v) is 37.5. The summed E-state index contributed by atoms with van der Waals surface area (Å²) in [4.78, 5) is 37.7. The van der Waals surface area contributed by atoms with Crippen molar-refractivity contribution in [2.75, 3.05) is 13.2 Å². The predicted octanol–water partition coefficient (Wildman–Crippen LogP) is 15.3. The molecule has 0 bridgehead atoms. The number of carbonyl (C=O) groups is 3. The first-order valence-corrected chi connectivity index (χ1v) is 23.7. The molecular weight excluding hydrogens is 721 g/mol. The van der Waals surface area contributed by atoms with Gasteiger partial charge >= 0.3 is 17.9 Å². The number of carbonyl (C=O) groups excluding carboxylic acids is 3. The second kappa shape index (κ2) is 46.3. The molecule has 330 valence electrons. The fraction of sp³-hybridized carbons (Fsp3) is 0.673. The monoisotopic (exact) mass is 807 g/mol. The first kappa shape index (κ1) is 54.6. The Morgan fingerprint density at radius 1 is 0.379 bits per heavy atom. The molecule has 0 spiro atoms. The smallest absolute Gasteiger partial charge is 0.306 e. The molecule has 0 amide bonds. The van der Waals surface area contributed by atoms with Crippen LogP contribution in [0.1, 0.15) is 207 Å². The molecular formula is C52H86O6. The van der Waals surface area contributed by atoms with E-state index in [-0.39, 0.29) is 38.0 Å². The van der Waals surface area contributed by atoms with Crippen molar-refractivity contribution >= 4 is 17.9 Å². The molecule has 0 N–H and O–H groups in total. The summed E-state index contributed by atoms with van der Waals surface area (Å²) in [5, 5.41) is 0. The third kappa shape index (κ3) is 43.7. The van der Waals surface area contributed by atoms with Gasteiger partial charge in [-0.15, -0.1) is 0 Å². The predicted molar refractivity (Wildman–Crippen MR) is 247 cm³/mol. The Hall–Kier alpha value is -3.41. The van der Waals surface area contributed by atoms with E-state index in [1.165, 1.54) is 109 Å². The highest BCUT2D eigenvalue weighted by molar-refractivity contribution is 5.71. The zero-order chi connectivity index (χ0) is 42.3. The normalized spacial score (nSPS) is 12.8. The molecule has 0 fully saturated rings. The fourth-order valence-electron chi connectivity index (χ4n) is 6.23. The minimum Gasteiger partial charge on any atom is -0.462 e. The van der Waals surface area contributed by atoms with Gasteiger partial charge in [-0.2, -0.15) is 0 Å².